The van der Waals surface area contributed by atoms with Crippen molar-refractivity contribution in [2.24, 2.45) is 5.92 Å². The number of carboxylic acid groups (broad SMARTS) is 1. The molecule has 1 atom stereocenters. The van der Waals surface area contributed by atoms with Crippen molar-refractivity contribution in [3.8, 4) is 5.75 Å². The average Bonchev–Trinajstić information content (AvgIpc) is 3.02. The molecule has 0 aliphatic heterocycles. The van der Waals surface area contributed by atoms with E-state index in [1.54, 1.807) is 0 Å². The Bertz CT molecular complexity index is 695. The molecule has 5 heteroatoms. The minimum absolute atomic E-state index is 0.101. The number of rotatable bonds is 11. The van der Waals surface area contributed by atoms with Crippen LogP contribution < -0.4 is 4.74 Å². The monoisotopic (exact) mass is 359 g/mol. The standard InChI is InChI=1S/C21H29NO4/c1-4-16(2)15-25-19-7-5-6-18(12-19)13-22(11-10-21(23)24)14-20-9-8-17(3)26-20/h5-9,12,16H,4,10-11,13-15H2,1-3H3,(H,23,24). The second-order valence-corrected chi connectivity index (χ2v) is 6.84. The van der Waals surface area contributed by atoms with Crippen LogP contribution in [0.5, 0.6) is 5.75 Å². The number of carbonyl (C=O) groups is 1. The Hall–Kier alpha value is -2.27. The lowest BCUT2D eigenvalue weighted by atomic mass is 10.1. The molecular formula is C21H29NO4. The molecule has 26 heavy (non-hydrogen) atoms. The van der Waals surface area contributed by atoms with Gasteiger partial charge in [0.25, 0.3) is 0 Å². The van der Waals surface area contributed by atoms with Crippen LogP contribution in [0.1, 0.15) is 43.8 Å². The van der Waals surface area contributed by atoms with Crippen molar-refractivity contribution in [1.29, 1.82) is 0 Å². The smallest absolute Gasteiger partial charge is 0.304 e. The molecule has 0 fully saturated rings. The Labute approximate surface area is 155 Å². The highest BCUT2D eigenvalue weighted by Gasteiger charge is 2.12. The Morgan fingerprint density at radius 3 is 2.73 bits per heavy atom. The van der Waals surface area contributed by atoms with Crippen LogP contribution in [0.3, 0.4) is 0 Å². The molecule has 0 aliphatic rings. The van der Waals surface area contributed by atoms with Crippen LogP contribution >= 0.6 is 0 Å². The van der Waals surface area contributed by atoms with Crippen LogP contribution in [0.4, 0.5) is 0 Å². The van der Waals surface area contributed by atoms with Gasteiger partial charge in [0.1, 0.15) is 17.3 Å². The summed E-state index contributed by atoms with van der Waals surface area (Å²) >= 11 is 0. The highest BCUT2D eigenvalue weighted by Crippen LogP contribution is 2.18. The van der Waals surface area contributed by atoms with Crippen molar-refractivity contribution in [2.75, 3.05) is 13.2 Å². The summed E-state index contributed by atoms with van der Waals surface area (Å²) in [5.41, 5.74) is 1.10. The van der Waals surface area contributed by atoms with Crippen molar-refractivity contribution in [2.45, 2.75) is 46.7 Å². The van der Waals surface area contributed by atoms with Gasteiger partial charge in [0.05, 0.1) is 19.6 Å². The fourth-order valence-corrected chi connectivity index (χ4v) is 2.61. The van der Waals surface area contributed by atoms with Crippen LogP contribution in [-0.4, -0.2) is 29.1 Å². The summed E-state index contributed by atoms with van der Waals surface area (Å²) in [6.45, 7) is 8.63. The van der Waals surface area contributed by atoms with E-state index in [1.165, 1.54) is 0 Å². The topological polar surface area (TPSA) is 62.9 Å². The number of ether oxygens (including phenoxy) is 1. The van der Waals surface area contributed by atoms with Gasteiger partial charge in [-0.15, -0.1) is 0 Å². The first-order valence-electron chi connectivity index (χ1n) is 9.17. The Kier molecular flexibility index (Phi) is 7.73. The zero-order chi connectivity index (χ0) is 18.9. The van der Waals surface area contributed by atoms with Crippen LogP contribution in [0, 0.1) is 12.8 Å². The number of hydrogen-bond donors (Lipinski definition) is 1. The Morgan fingerprint density at radius 2 is 2.08 bits per heavy atom. The second kappa shape index (κ2) is 10.0. The normalized spacial score (nSPS) is 12.3. The van der Waals surface area contributed by atoms with Crippen LogP contribution in [0.15, 0.2) is 40.8 Å². The maximum absolute atomic E-state index is 11.0. The minimum Gasteiger partial charge on any atom is -0.493 e. The molecule has 1 unspecified atom stereocenters. The van der Waals surface area contributed by atoms with Crippen molar-refractivity contribution in [3.05, 3.63) is 53.5 Å². The van der Waals surface area contributed by atoms with Crippen molar-refractivity contribution >= 4 is 5.97 Å². The van der Waals surface area contributed by atoms with Gasteiger partial charge in [-0.25, -0.2) is 0 Å². The maximum Gasteiger partial charge on any atom is 0.304 e. The third-order valence-corrected chi connectivity index (χ3v) is 4.35. The predicted octanol–water partition coefficient (Wildman–Crippen LogP) is 4.49. The molecule has 0 bridgehead atoms. The minimum atomic E-state index is -0.795. The zero-order valence-corrected chi connectivity index (χ0v) is 15.9. The van der Waals surface area contributed by atoms with Gasteiger partial charge in [0.15, 0.2) is 0 Å². The predicted molar refractivity (Wildman–Crippen MR) is 101 cm³/mol. The van der Waals surface area contributed by atoms with Crippen molar-refractivity contribution in [1.82, 2.24) is 4.90 Å². The average molecular weight is 359 g/mol. The lowest BCUT2D eigenvalue weighted by Crippen LogP contribution is -2.25. The number of hydrogen-bond acceptors (Lipinski definition) is 4. The molecule has 0 spiro atoms. The van der Waals surface area contributed by atoms with E-state index >= 15 is 0 Å². The van der Waals surface area contributed by atoms with E-state index < -0.39 is 5.97 Å². The number of furan rings is 1. The van der Waals surface area contributed by atoms with E-state index in [0.29, 0.717) is 32.2 Å². The lowest BCUT2D eigenvalue weighted by molar-refractivity contribution is -0.137. The summed E-state index contributed by atoms with van der Waals surface area (Å²) < 4.78 is 11.5. The van der Waals surface area contributed by atoms with E-state index in [0.717, 1.165) is 29.3 Å². The first-order chi connectivity index (χ1) is 12.5. The molecule has 0 aliphatic carbocycles. The van der Waals surface area contributed by atoms with Gasteiger partial charge in [0, 0.05) is 13.1 Å². The zero-order valence-electron chi connectivity index (χ0n) is 15.9. The molecule has 2 aromatic rings. The van der Waals surface area contributed by atoms with E-state index in [9.17, 15) is 4.79 Å². The van der Waals surface area contributed by atoms with E-state index in [-0.39, 0.29) is 6.42 Å². The van der Waals surface area contributed by atoms with Gasteiger partial charge in [-0.2, -0.15) is 0 Å². The molecule has 1 aromatic heterocycles. The van der Waals surface area contributed by atoms with Crippen molar-refractivity contribution < 1.29 is 19.1 Å². The molecule has 2 rings (SSSR count). The SMILES string of the molecule is CCC(C)COc1cccc(CN(CCC(=O)O)Cc2ccc(C)o2)c1. The van der Waals surface area contributed by atoms with Crippen LogP contribution in [0.2, 0.25) is 0 Å². The van der Waals surface area contributed by atoms with Gasteiger partial charge in [-0.3, -0.25) is 9.69 Å². The van der Waals surface area contributed by atoms with E-state index in [2.05, 4.69) is 18.7 Å². The summed E-state index contributed by atoms with van der Waals surface area (Å²) in [6, 6.07) is 11.9. The molecule has 142 valence electrons. The first kappa shape index (κ1) is 20.0. The first-order valence-corrected chi connectivity index (χ1v) is 9.17. The molecule has 0 saturated heterocycles. The van der Waals surface area contributed by atoms with Gasteiger partial charge >= 0.3 is 5.97 Å². The van der Waals surface area contributed by atoms with Gasteiger partial charge in [-0.1, -0.05) is 32.4 Å². The second-order valence-electron chi connectivity index (χ2n) is 6.84. The molecule has 0 amide bonds. The summed E-state index contributed by atoms with van der Waals surface area (Å²) in [5.74, 6) is 2.29. The van der Waals surface area contributed by atoms with Crippen LogP contribution in [0.25, 0.3) is 0 Å². The lowest BCUT2D eigenvalue weighted by Gasteiger charge is -2.21. The van der Waals surface area contributed by atoms with Crippen molar-refractivity contribution in [3.63, 3.8) is 0 Å². The van der Waals surface area contributed by atoms with E-state index in [4.69, 9.17) is 14.3 Å². The summed E-state index contributed by atoms with van der Waals surface area (Å²) in [4.78, 5) is 13.1. The van der Waals surface area contributed by atoms with Gasteiger partial charge in [-0.05, 0) is 42.7 Å². The Morgan fingerprint density at radius 1 is 1.27 bits per heavy atom. The molecule has 1 N–H and O–H groups in total. The highest BCUT2D eigenvalue weighted by molar-refractivity contribution is 5.66. The number of aryl methyl sites for hydroxylation is 1. The van der Waals surface area contributed by atoms with E-state index in [1.807, 2.05) is 43.3 Å². The number of nitrogens with zero attached hydrogens (tertiary/aromatic N) is 1. The molecular weight excluding hydrogens is 330 g/mol. The van der Waals surface area contributed by atoms with Gasteiger partial charge in [0.2, 0.25) is 0 Å². The summed E-state index contributed by atoms with van der Waals surface area (Å²) in [7, 11) is 0. The third kappa shape index (κ3) is 6.92. The number of benzene rings is 1. The number of carboxylic acids is 1. The fraction of sp³-hybridized carbons (Fsp3) is 0.476. The molecule has 1 aromatic carbocycles. The Balaban J connectivity index is 2.02. The summed E-state index contributed by atoms with van der Waals surface area (Å²) in [5, 5.41) is 9.02. The molecule has 5 nitrogen and oxygen atoms in total. The quantitative estimate of drug-likeness (QED) is 0.640. The molecule has 1 heterocycles. The third-order valence-electron chi connectivity index (χ3n) is 4.35. The number of aliphatic carboxylic acids is 1. The fourth-order valence-electron chi connectivity index (χ4n) is 2.61. The van der Waals surface area contributed by atoms with Gasteiger partial charge < -0.3 is 14.3 Å². The highest BCUT2D eigenvalue weighted by atomic mass is 16.5. The van der Waals surface area contributed by atoms with Crippen LogP contribution in [-0.2, 0) is 17.9 Å². The molecule has 0 radical (unpaired) electrons. The maximum atomic E-state index is 11.0. The molecule has 0 saturated carbocycles. The summed E-state index contributed by atoms with van der Waals surface area (Å²) in [6.07, 6.45) is 1.19. The largest absolute Gasteiger partial charge is 0.493 e.